The van der Waals surface area contributed by atoms with Gasteiger partial charge in [-0.1, -0.05) is 36.4 Å². The maximum Gasteiger partial charge on any atom is 0.275 e. The van der Waals surface area contributed by atoms with E-state index in [1.807, 2.05) is 67.4 Å². The van der Waals surface area contributed by atoms with Gasteiger partial charge in [-0.3, -0.25) is 14.3 Å². The molecule has 5 rings (SSSR count). The van der Waals surface area contributed by atoms with Gasteiger partial charge in [-0.05, 0) is 44.7 Å². The van der Waals surface area contributed by atoms with Gasteiger partial charge in [-0.15, -0.1) is 0 Å². The number of para-hydroxylation sites is 1. The van der Waals surface area contributed by atoms with E-state index in [1.165, 1.54) is 0 Å². The van der Waals surface area contributed by atoms with E-state index in [1.54, 1.807) is 4.68 Å². The molecular weight excluding hydrogens is 402 g/mol. The standard InChI is InChI=1S/C25H27N5O2/c1-3-30(25(32)23-20-10-6-7-11-21(20)29(2)28-23)17-14-12-16(13-15-17)22-18-8-4-5-9-19(18)24(31)27-26-22/h4-11,16-17H,3,12-15H2,1-2H3,(H,27,31)/t16-,17-. The molecule has 1 aliphatic rings. The van der Waals surface area contributed by atoms with E-state index in [2.05, 4.69) is 15.3 Å². The third-order valence-corrected chi connectivity index (χ3v) is 6.81. The highest BCUT2D eigenvalue weighted by molar-refractivity contribution is 6.05. The summed E-state index contributed by atoms with van der Waals surface area (Å²) in [6.07, 6.45) is 3.68. The summed E-state index contributed by atoms with van der Waals surface area (Å²) in [6.45, 7) is 2.69. The Labute approximate surface area is 186 Å². The Balaban J connectivity index is 1.37. The maximum absolute atomic E-state index is 13.5. The molecule has 1 fully saturated rings. The van der Waals surface area contributed by atoms with Crippen LogP contribution in [0.25, 0.3) is 21.7 Å². The van der Waals surface area contributed by atoms with Crippen LogP contribution in [0.5, 0.6) is 0 Å². The molecule has 1 saturated carbocycles. The van der Waals surface area contributed by atoms with Crippen molar-refractivity contribution in [3.63, 3.8) is 0 Å². The van der Waals surface area contributed by atoms with Crippen LogP contribution in [0.1, 0.15) is 54.7 Å². The lowest BCUT2D eigenvalue weighted by atomic mass is 9.82. The van der Waals surface area contributed by atoms with Crippen LogP contribution in [0.2, 0.25) is 0 Å². The topological polar surface area (TPSA) is 83.9 Å². The lowest BCUT2D eigenvalue weighted by Gasteiger charge is -2.36. The minimum Gasteiger partial charge on any atom is -0.335 e. The van der Waals surface area contributed by atoms with E-state index in [-0.39, 0.29) is 23.4 Å². The van der Waals surface area contributed by atoms with Crippen LogP contribution < -0.4 is 5.56 Å². The van der Waals surface area contributed by atoms with Gasteiger partial charge in [0.15, 0.2) is 5.69 Å². The number of rotatable bonds is 4. The molecular formula is C25H27N5O2. The lowest BCUT2D eigenvalue weighted by molar-refractivity contribution is 0.0634. The molecule has 7 nitrogen and oxygen atoms in total. The van der Waals surface area contributed by atoms with Crippen molar-refractivity contribution in [1.82, 2.24) is 24.9 Å². The summed E-state index contributed by atoms with van der Waals surface area (Å²) in [5.74, 6) is 0.276. The molecule has 164 valence electrons. The molecule has 1 aliphatic carbocycles. The van der Waals surface area contributed by atoms with Crippen LogP contribution in [0.3, 0.4) is 0 Å². The minimum atomic E-state index is -0.150. The van der Waals surface area contributed by atoms with Crippen LogP contribution in [-0.2, 0) is 7.05 Å². The predicted octanol–water partition coefficient (Wildman–Crippen LogP) is 4.00. The Morgan fingerprint density at radius 2 is 1.69 bits per heavy atom. The Kier molecular flexibility index (Phi) is 5.25. The monoisotopic (exact) mass is 429 g/mol. The molecule has 0 atom stereocenters. The van der Waals surface area contributed by atoms with Crippen molar-refractivity contribution < 1.29 is 4.79 Å². The van der Waals surface area contributed by atoms with Gasteiger partial charge in [-0.2, -0.15) is 10.2 Å². The number of H-pyrrole nitrogens is 1. The molecule has 1 N–H and O–H groups in total. The van der Waals surface area contributed by atoms with Gasteiger partial charge < -0.3 is 4.90 Å². The second-order valence-electron chi connectivity index (χ2n) is 8.57. The van der Waals surface area contributed by atoms with Crippen molar-refractivity contribution in [3.8, 4) is 0 Å². The lowest BCUT2D eigenvalue weighted by Crippen LogP contribution is -2.42. The molecule has 0 bridgehead atoms. The number of fused-ring (bicyclic) bond motifs is 2. The number of nitrogens with zero attached hydrogens (tertiary/aromatic N) is 4. The van der Waals surface area contributed by atoms with Crippen LogP contribution in [0.4, 0.5) is 0 Å². The number of nitrogens with one attached hydrogen (secondary N) is 1. The van der Waals surface area contributed by atoms with Crippen LogP contribution in [0, 0.1) is 0 Å². The second kappa shape index (κ2) is 8.22. The average Bonchev–Trinajstić information content (AvgIpc) is 3.17. The molecule has 0 unspecified atom stereocenters. The smallest absolute Gasteiger partial charge is 0.275 e. The first-order valence-electron chi connectivity index (χ1n) is 11.3. The van der Waals surface area contributed by atoms with Gasteiger partial charge in [0, 0.05) is 36.3 Å². The zero-order valence-electron chi connectivity index (χ0n) is 18.4. The van der Waals surface area contributed by atoms with Gasteiger partial charge >= 0.3 is 0 Å². The third-order valence-electron chi connectivity index (χ3n) is 6.81. The van der Waals surface area contributed by atoms with Crippen molar-refractivity contribution in [2.45, 2.75) is 44.6 Å². The van der Waals surface area contributed by atoms with E-state index < -0.39 is 0 Å². The van der Waals surface area contributed by atoms with Gasteiger partial charge in [0.05, 0.1) is 16.6 Å². The quantitative estimate of drug-likeness (QED) is 0.531. The van der Waals surface area contributed by atoms with Gasteiger partial charge in [0.2, 0.25) is 0 Å². The Bertz CT molecular complexity index is 1350. The number of amides is 1. The molecule has 0 radical (unpaired) electrons. The van der Waals surface area contributed by atoms with E-state index in [4.69, 9.17) is 0 Å². The molecule has 0 spiro atoms. The number of carbonyl (C=O) groups is 1. The van der Waals surface area contributed by atoms with Crippen molar-refractivity contribution in [2.24, 2.45) is 7.05 Å². The van der Waals surface area contributed by atoms with E-state index >= 15 is 0 Å². The first-order valence-corrected chi connectivity index (χ1v) is 11.3. The first-order chi connectivity index (χ1) is 15.6. The second-order valence-corrected chi connectivity index (χ2v) is 8.57. The number of carbonyl (C=O) groups excluding carboxylic acids is 1. The Morgan fingerprint density at radius 1 is 1.03 bits per heavy atom. The average molecular weight is 430 g/mol. The van der Waals surface area contributed by atoms with Crippen molar-refractivity contribution in [3.05, 3.63) is 70.3 Å². The largest absolute Gasteiger partial charge is 0.335 e. The number of hydrogen-bond acceptors (Lipinski definition) is 4. The highest BCUT2D eigenvalue weighted by Gasteiger charge is 2.32. The third kappa shape index (κ3) is 3.38. The molecule has 2 aromatic carbocycles. The highest BCUT2D eigenvalue weighted by Crippen LogP contribution is 2.36. The molecule has 0 saturated heterocycles. The summed E-state index contributed by atoms with van der Waals surface area (Å²) >= 11 is 0. The number of benzene rings is 2. The number of aromatic nitrogens is 4. The number of aromatic amines is 1. The number of aryl methyl sites for hydroxylation is 1. The molecule has 1 amide bonds. The fraction of sp³-hybridized carbons (Fsp3) is 0.360. The molecule has 2 aromatic heterocycles. The van der Waals surface area contributed by atoms with Crippen molar-refractivity contribution in [2.75, 3.05) is 6.54 Å². The van der Waals surface area contributed by atoms with Crippen LogP contribution in [-0.4, -0.2) is 43.4 Å². The van der Waals surface area contributed by atoms with Gasteiger partial charge in [0.25, 0.3) is 11.5 Å². The first kappa shape index (κ1) is 20.4. The maximum atomic E-state index is 13.5. The summed E-state index contributed by atoms with van der Waals surface area (Å²) in [6, 6.07) is 15.7. The molecule has 2 heterocycles. The van der Waals surface area contributed by atoms with Gasteiger partial charge in [0.1, 0.15) is 0 Å². The molecule has 32 heavy (non-hydrogen) atoms. The van der Waals surface area contributed by atoms with E-state index in [9.17, 15) is 9.59 Å². The zero-order chi connectivity index (χ0) is 22.2. The normalized spacial score (nSPS) is 18.8. The zero-order valence-corrected chi connectivity index (χ0v) is 18.4. The summed E-state index contributed by atoms with van der Waals surface area (Å²) in [5, 5.41) is 14.1. The predicted molar refractivity (Wildman–Crippen MR) is 125 cm³/mol. The summed E-state index contributed by atoms with van der Waals surface area (Å²) in [7, 11) is 1.88. The Morgan fingerprint density at radius 3 is 2.41 bits per heavy atom. The molecule has 4 aromatic rings. The summed E-state index contributed by atoms with van der Waals surface area (Å²) in [5.41, 5.74) is 2.30. The van der Waals surface area contributed by atoms with Crippen LogP contribution in [0.15, 0.2) is 53.3 Å². The SMILES string of the molecule is CCN(C(=O)c1nn(C)c2ccccc12)[C@H]1CC[C@H](c2n[nH]c(=O)c3ccccc32)CC1. The fourth-order valence-corrected chi connectivity index (χ4v) is 5.18. The minimum absolute atomic E-state index is 0.000339. The summed E-state index contributed by atoms with van der Waals surface area (Å²) < 4.78 is 1.78. The van der Waals surface area contributed by atoms with E-state index in [0.29, 0.717) is 17.6 Å². The van der Waals surface area contributed by atoms with Crippen molar-refractivity contribution >= 4 is 27.6 Å². The Hall–Kier alpha value is -3.48. The fourth-order valence-electron chi connectivity index (χ4n) is 5.18. The molecule has 0 aliphatic heterocycles. The molecule has 7 heteroatoms. The van der Waals surface area contributed by atoms with E-state index in [0.717, 1.165) is 47.7 Å². The summed E-state index contributed by atoms with van der Waals surface area (Å²) in [4.78, 5) is 27.6. The van der Waals surface area contributed by atoms with Gasteiger partial charge in [-0.25, -0.2) is 5.10 Å². The van der Waals surface area contributed by atoms with Crippen LogP contribution >= 0.6 is 0 Å². The van der Waals surface area contributed by atoms with Crippen molar-refractivity contribution in [1.29, 1.82) is 0 Å². The highest BCUT2D eigenvalue weighted by atomic mass is 16.2. The number of hydrogen-bond donors (Lipinski definition) is 1.